The molecule has 0 aliphatic carbocycles. The number of rotatable bonds is 11. The number of aromatic hydroxyl groups is 1. The topological polar surface area (TPSA) is 147 Å². The number of ketones is 1. The van der Waals surface area contributed by atoms with Gasteiger partial charge in [0.1, 0.15) is 28.6 Å². The molecule has 1 aliphatic rings. The quantitative estimate of drug-likeness (QED) is 0.130. The highest BCUT2D eigenvalue weighted by Crippen LogP contribution is 2.40. The van der Waals surface area contributed by atoms with E-state index in [1.54, 1.807) is 11.8 Å². The van der Waals surface area contributed by atoms with Crippen LogP contribution in [0.25, 0.3) is 0 Å². The molecule has 4 N–H and O–H groups in total. The lowest BCUT2D eigenvalue weighted by Gasteiger charge is -2.25. The SMILES string of the molecule is COC(=O)CNCC(=O)c1cccc(Nc2c(N[C@@H](c3ccc(C)o3)C3CCCS3)c(=O)c2=O)c1O. The predicted molar refractivity (Wildman–Crippen MR) is 137 cm³/mol. The Kier molecular flexibility index (Phi) is 7.80. The summed E-state index contributed by atoms with van der Waals surface area (Å²) >= 11 is 1.78. The Morgan fingerprint density at radius 1 is 1.17 bits per heavy atom. The van der Waals surface area contributed by atoms with Gasteiger partial charge in [0.2, 0.25) is 0 Å². The van der Waals surface area contributed by atoms with Crippen LogP contribution < -0.4 is 26.8 Å². The minimum Gasteiger partial charge on any atom is -0.505 e. The first kappa shape index (κ1) is 25.5. The van der Waals surface area contributed by atoms with Crippen LogP contribution in [0.1, 0.15) is 40.8 Å². The fourth-order valence-corrected chi connectivity index (χ4v) is 5.45. The van der Waals surface area contributed by atoms with Crippen molar-refractivity contribution < 1.29 is 23.8 Å². The fraction of sp³-hybridized carbons (Fsp3) is 0.360. The second-order valence-corrected chi connectivity index (χ2v) is 9.81. The normalized spacial score (nSPS) is 16.1. The van der Waals surface area contributed by atoms with Gasteiger partial charge in [0.25, 0.3) is 10.9 Å². The highest BCUT2D eigenvalue weighted by Gasteiger charge is 2.33. The van der Waals surface area contributed by atoms with E-state index < -0.39 is 22.6 Å². The highest BCUT2D eigenvalue weighted by atomic mass is 32.2. The van der Waals surface area contributed by atoms with E-state index in [1.807, 2.05) is 19.1 Å². The molecular weight excluding hydrogens is 486 g/mol. The third-order valence-electron chi connectivity index (χ3n) is 5.99. The zero-order valence-corrected chi connectivity index (χ0v) is 20.7. The Bertz CT molecular complexity index is 1340. The molecule has 11 heteroatoms. The maximum Gasteiger partial charge on any atom is 0.319 e. The molecule has 0 saturated carbocycles. The Balaban J connectivity index is 1.54. The number of esters is 1. The van der Waals surface area contributed by atoms with Gasteiger partial charge in [-0.25, -0.2) is 0 Å². The standard InChI is InChI=1S/C25H27N3O7S/c1-13-8-9-17(35-13)20(18-7-4-10-36-18)28-22-21(24(32)25(22)33)27-15-6-3-5-14(23(15)31)16(29)11-26-12-19(30)34-2/h3,5-6,8-9,18,20,26-28,31H,4,7,10-12H2,1-2H3/t18?,20-/m0/s1. The molecule has 1 saturated heterocycles. The lowest BCUT2D eigenvalue weighted by atomic mass is 10.0. The molecule has 3 aromatic rings. The van der Waals surface area contributed by atoms with Gasteiger partial charge in [-0.2, -0.15) is 11.8 Å². The van der Waals surface area contributed by atoms with Crippen LogP contribution in [0.2, 0.25) is 0 Å². The fourth-order valence-electron chi connectivity index (χ4n) is 4.09. The average Bonchev–Trinajstić information content (AvgIpc) is 3.56. The molecule has 2 aromatic carbocycles. The number of hydrogen-bond acceptors (Lipinski definition) is 11. The molecule has 0 radical (unpaired) electrons. The Morgan fingerprint density at radius 2 is 1.94 bits per heavy atom. The number of para-hydroxylation sites is 1. The molecule has 190 valence electrons. The van der Waals surface area contributed by atoms with Crippen LogP contribution in [0.15, 0.2) is 44.3 Å². The molecule has 36 heavy (non-hydrogen) atoms. The minimum absolute atomic E-state index is 0.00290. The summed E-state index contributed by atoms with van der Waals surface area (Å²) in [5.41, 5.74) is -1.15. The van der Waals surface area contributed by atoms with Crippen molar-refractivity contribution >= 4 is 40.6 Å². The van der Waals surface area contributed by atoms with E-state index in [9.17, 15) is 24.3 Å². The van der Waals surface area contributed by atoms with Gasteiger partial charge in [-0.1, -0.05) is 6.07 Å². The number of anilines is 3. The van der Waals surface area contributed by atoms with E-state index >= 15 is 0 Å². The molecule has 1 aliphatic heterocycles. The van der Waals surface area contributed by atoms with E-state index in [0.29, 0.717) is 5.76 Å². The summed E-state index contributed by atoms with van der Waals surface area (Å²) in [7, 11) is 1.24. The summed E-state index contributed by atoms with van der Waals surface area (Å²) in [6, 6.07) is 7.87. The average molecular weight is 514 g/mol. The van der Waals surface area contributed by atoms with Gasteiger partial charge in [0.15, 0.2) is 5.78 Å². The van der Waals surface area contributed by atoms with Crippen molar-refractivity contribution in [1.82, 2.24) is 5.32 Å². The minimum atomic E-state index is -0.721. The van der Waals surface area contributed by atoms with Crippen molar-refractivity contribution in [3.63, 3.8) is 0 Å². The van der Waals surface area contributed by atoms with E-state index in [2.05, 4.69) is 20.7 Å². The predicted octanol–water partition coefficient (Wildman–Crippen LogP) is 2.63. The molecule has 2 atom stereocenters. The molecule has 1 unspecified atom stereocenters. The number of furan rings is 1. The molecule has 1 aromatic heterocycles. The number of nitrogens with one attached hydrogen (secondary N) is 3. The monoisotopic (exact) mass is 513 g/mol. The number of carbonyl (C=O) groups excluding carboxylic acids is 2. The van der Waals surface area contributed by atoms with E-state index in [4.69, 9.17) is 4.42 Å². The number of aryl methyl sites for hydroxylation is 1. The molecule has 4 rings (SSSR count). The number of phenolic OH excluding ortho intramolecular Hbond substituents is 1. The Morgan fingerprint density at radius 3 is 2.61 bits per heavy atom. The second kappa shape index (κ2) is 11.0. The van der Waals surface area contributed by atoms with Crippen molar-refractivity contribution in [2.24, 2.45) is 0 Å². The van der Waals surface area contributed by atoms with Gasteiger partial charge in [-0.15, -0.1) is 0 Å². The number of methoxy groups -OCH3 is 1. The number of phenols is 1. The summed E-state index contributed by atoms with van der Waals surface area (Å²) < 4.78 is 10.3. The smallest absolute Gasteiger partial charge is 0.319 e. The number of carbonyl (C=O) groups is 2. The van der Waals surface area contributed by atoms with Gasteiger partial charge < -0.3 is 24.9 Å². The summed E-state index contributed by atoms with van der Waals surface area (Å²) in [5, 5.41) is 19.5. The zero-order chi connectivity index (χ0) is 25.8. The van der Waals surface area contributed by atoms with Crippen LogP contribution in [0.3, 0.4) is 0 Å². The van der Waals surface area contributed by atoms with Crippen LogP contribution in [0.4, 0.5) is 17.1 Å². The first-order chi connectivity index (χ1) is 17.3. The summed E-state index contributed by atoms with van der Waals surface area (Å²) in [5.74, 6) is 1.07. The number of hydrogen-bond donors (Lipinski definition) is 4. The number of ether oxygens (including phenoxy) is 1. The second-order valence-electron chi connectivity index (χ2n) is 8.46. The van der Waals surface area contributed by atoms with Gasteiger partial charge in [-0.3, -0.25) is 24.5 Å². The van der Waals surface area contributed by atoms with Crippen molar-refractivity contribution in [3.05, 3.63) is 67.9 Å². The third-order valence-corrected chi connectivity index (χ3v) is 7.45. The highest BCUT2D eigenvalue weighted by molar-refractivity contribution is 8.00. The third kappa shape index (κ3) is 5.31. The van der Waals surface area contributed by atoms with Crippen LogP contribution >= 0.6 is 11.8 Å². The molecular formula is C25H27N3O7S. The van der Waals surface area contributed by atoms with Crippen molar-refractivity contribution in [2.75, 3.05) is 36.6 Å². The molecule has 0 bridgehead atoms. The van der Waals surface area contributed by atoms with Gasteiger partial charge >= 0.3 is 5.97 Å². The number of thioether (sulfide) groups is 1. The van der Waals surface area contributed by atoms with Crippen LogP contribution in [0.5, 0.6) is 5.75 Å². The summed E-state index contributed by atoms with van der Waals surface area (Å²) in [6.45, 7) is 1.48. The number of Topliss-reactive ketones (excluding diaryl/α,β-unsaturated/α-hetero) is 1. The van der Waals surface area contributed by atoms with Gasteiger partial charge in [0, 0.05) is 5.25 Å². The lowest BCUT2D eigenvalue weighted by molar-refractivity contribution is -0.139. The molecule has 0 amide bonds. The first-order valence-electron chi connectivity index (χ1n) is 11.5. The van der Waals surface area contributed by atoms with Gasteiger partial charge in [-0.05, 0) is 49.8 Å². The maximum atomic E-state index is 12.5. The van der Waals surface area contributed by atoms with Crippen molar-refractivity contribution in [1.29, 1.82) is 0 Å². The maximum absolute atomic E-state index is 12.5. The van der Waals surface area contributed by atoms with Crippen LogP contribution in [0, 0.1) is 6.92 Å². The largest absolute Gasteiger partial charge is 0.505 e. The van der Waals surface area contributed by atoms with Crippen molar-refractivity contribution in [2.45, 2.75) is 31.1 Å². The van der Waals surface area contributed by atoms with E-state index in [-0.39, 0.29) is 52.8 Å². The lowest BCUT2D eigenvalue weighted by Crippen LogP contribution is -2.38. The van der Waals surface area contributed by atoms with E-state index in [1.165, 1.54) is 25.3 Å². The van der Waals surface area contributed by atoms with Crippen molar-refractivity contribution in [3.8, 4) is 5.75 Å². The first-order valence-corrected chi connectivity index (χ1v) is 12.5. The summed E-state index contributed by atoms with van der Waals surface area (Å²) in [6.07, 6.45) is 1.99. The Labute approximate surface area is 211 Å². The summed E-state index contributed by atoms with van der Waals surface area (Å²) in [4.78, 5) is 48.7. The molecule has 2 heterocycles. The molecule has 1 fully saturated rings. The zero-order valence-electron chi connectivity index (χ0n) is 19.9. The van der Waals surface area contributed by atoms with E-state index in [0.717, 1.165) is 24.4 Å². The Hall–Kier alpha value is -3.57. The molecule has 0 spiro atoms. The van der Waals surface area contributed by atoms with Crippen LogP contribution in [-0.2, 0) is 9.53 Å². The number of benzene rings is 1. The molecule has 10 nitrogen and oxygen atoms in total. The van der Waals surface area contributed by atoms with Crippen LogP contribution in [-0.4, -0.2) is 48.1 Å². The van der Waals surface area contributed by atoms with Gasteiger partial charge in [0.05, 0.1) is 37.5 Å².